The molecular weight excluding hydrogens is 366 g/mol. The van der Waals surface area contributed by atoms with Crippen molar-refractivity contribution in [2.45, 2.75) is 26.9 Å². The summed E-state index contributed by atoms with van der Waals surface area (Å²) in [6, 6.07) is 13.0. The maximum Gasteiger partial charge on any atom is 0.265 e. The number of hydrogen-bond donors (Lipinski definition) is 1. The van der Waals surface area contributed by atoms with Crippen molar-refractivity contribution in [1.82, 2.24) is 9.80 Å². The summed E-state index contributed by atoms with van der Waals surface area (Å²) in [6.07, 6.45) is -0.660. The van der Waals surface area contributed by atoms with Crippen LogP contribution in [-0.2, 0) is 4.79 Å². The number of carbonyl (C=O) groups is 2. The van der Waals surface area contributed by atoms with Gasteiger partial charge in [0.15, 0.2) is 6.10 Å². The zero-order valence-corrected chi connectivity index (χ0v) is 17.6. The minimum absolute atomic E-state index is 0.00553. The van der Waals surface area contributed by atoms with Gasteiger partial charge in [-0.25, -0.2) is 0 Å². The normalized spacial score (nSPS) is 15.7. The van der Waals surface area contributed by atoms with Gasteiger partial charge in [-0.3, -0.25) is 9.59 Å². The Kier molecular flexibility index (Phi) is 6.54. The van der Waals surface area contributed by atoms with Gasteiger partial charge >= 0.3 is 0 Å². The van der Waals surface area contributed by atoms with Crippen LogP contribution < -0.4 is 10.1 Å². The minimum Gasteiger partial charge on any atom is -0.480 e. The third-order valence-corrected chi connectivity index (χ3v) is 5.24. The molecule has 1 atom stereocenters. The topological polar surface area (TPSA) is 61.9 Å². The number of likely N-dealkylation sites (N-methyl/N-ethyl adjacent to an activating group) is 1. The summed E-state index contributed by atoms with van der Waals surface area (Å²) in [6.45, 7) is 8.81. The minimum atomic E-state index is -0.660. The molecule has 0 aromatic heterocycles. The fourth-order valence-electron chi connectivity index (χ4n) is 3.38. The van der Waals surface area contributed by atoms with Crippen molar-refractivity contribution in [1.29, 1.82) is 0 Å². The number of piperazine rings is 1. The molecule has 6 nitrogen and oxygen atoms in total. The summed E-state index contributed by atoms with van der Waals surface area (Å²) in [5.41, 5.74) is 3.15. The molecule has 3 rings (SSSR count). The molecule has 2 amide bonds. The molecule has 6 heteroatoms. The fraction of sp³-hybridized carbons (Fsp3) is 0.391. The Morgan fingerprint density at radius 3 is 2.28 bits per heavy atom. The molecule has 1 N–H and O–H groups in total. The Hall–Kier alpha value is -2.86. The first-order valence-electron chi connectivity index (χ1n) is 9.97. The van der Waals surface area contributed by atoms with Crippen LogP contribution in [0.2, 0.25) is 0 Å². The summed E-state index contributed by atoms with van der Waals surface area (Å²) in [5, 5.41) is 2.86. The van der Waals surface area contributed by atoms with Gasteiger partial charge in [0, 0.05) is 37.4 Å². The van der Waals surface area contributed by atoms with Gasteiger partial charge in [0.1, 0.15) is 5.75 Å². The Balaban J connectivity index is 1.65. The van der Waals surface area contributed by atoms with Crippen molar-refractivity contribution >= 4 is 17.5 Å². The van der Waals surface area contributed by atoms with Gasteiger partial charge in [0.05, 0.1) is 0 Å². The maximum atomic E-state index is 12.8. The van der Waals surface area contributed by atoms with Crippen molar-refractivity contribution in [3.8, 4) is 5.75 Å². The molecule has 1 heterocycles. The van der Waals surface area contributed by atoms with Crippen molar-refractivity contribution in [3.63, 3.8) is 0 Å². The Bertz CT molecular complexity index is 868. The number of para-hydroxylation sites is 1. The van der Waals surface area contributed by atoms with E-state index >= 15 is 0 Å². The van der Waals surface area contributed by atoms with Gasteiger partial charge in [-0.2, -0.15) is 0 Å². The first-order valence-corrected chi connectivity index (χ1v) is 9.97. The second-order valence-corrected chi connectivity index (χ2v) is 7.65. The molecule has 2 aromatic carbocycles. The van der Waals surface area contributed by atoms with Crippen LogP contribution in [0.15, 0.2) is 42.5 Å². The number of ether oxygens (including phenoxy) is 1. The molecular formula is C23H29N3O3. The summed E-state index contributed by atoms with van der Waals surface area (Å²) < 4.78 is 5.90. The molecule has 0 spiro atoms. The van der Waals surface area contributed by atoms with Crippen molar-refractivity contribution in [2.75, 3.05) is 38.5 Å². The smallest absolute Gasteiger partial charge is 0.265 e. The third kappa shape index (κ3) is 5.15. The van der Waals surface area contributed by atoms with Crippen LogP contribution in [0, 0.1) is 13.8 Å². The second-order valence-electron chi connectivity index (χ2n) is 7.65. The highest BCUT2D eigenvalue weighted by Gasteiger charge is 2.21. The van der Waals surface area contributed by atoms with E-state index in [1.54, 1.807) is 31.2 Å². The van der Waals surface area contributed by atoms with Crippen LogP contribution >= 0.6 is 0 Å². The lowest BCUT2D eigenvalue weighted by atomic mass is 10.1. The molecule has 0 saturated carbocycles. The first kappa shape index (κ1) is 20.9. The highest BCUT2D eigenvalue weighted by Crippen LogP contribution is 2.24. The summed E-state index contributed by atoms with van der Waals surface area (Å²) in [4.78, 5) is 29.4. The monoisotopic (exact) mass is 395 g/mol. The molecule has 1 aliphatic rings. The lowest BCUT2D eigenvalue weighted by molar-refractivity contribution is -0.122. The average molecular weight is 396 g/mol. The standard InChI is InChI=1S/C23H29N3O3/c1-16-7-5-8-17(2)21(16)29-18(3)22(27)24-20-10-6-9-19(15-20)23(28)26-13-11-25(4)12-14-26/h5-10,15,18H,11-14H2,1-4H3,(H,24,27). The van der Waals surface area contributed by atoms with E-state index in [-0.39, 0.29) is 11.8 Å². The lowest BCUT2D eigenvalue weighted by Gasteiger charge is -2.32. The summed E-state index contributed by atoms with van der Waals surface area (Å²) in [7, 11) is 2.06. The van der Waals surface area contributed by atoms with Gasteiger partial charge in [-0.1, -0.05) is 24.3 Å². The number of amides is 2. The van der Waals surface area contributed by atoms with Crippen molar-refractivity contribution in [2.24, 2.45) is 0 Å². The van der Waals surface area contributed by atoms with Crippen molar-refractivity contribution < 1.29 is 14.3 Å². The summed E-state index contributed by atoms with van der Waals surface area (Å²) >= 11 is 0. The molecule has 1 saturated heterocycles. The highest BCUT2D eigenvalue weighted by molar-refractivity contribution is 5.98. The van der Waals surface area contributed by atoms with Crippen molar-refractivity contribution in [3.05, 3.63) is 59.2 Å². The predicted molar refractivity (Wildman–Crippen MR) is 114 cm³/mol. The number of hydrogen-bond acceptors (Lipinski definition) is 4. The van der Waals surface area contributed by atoms with Crippen LogP contribution in [0.1, 0.15) is 28.4 Å². The number of anilines is 1. The second kappa shape index (κ2) is 9.09. The highest BCUT2D eigenvalue weighted by atomic mass is 16.5. The number of aryl methyl sites for hydroxylation is 2. The zero-order valence-electron chi connectivity index (χ0n) is 17.6. The molecule has 1 aliphatic heterocycles. The average Bonchev–Trinajstić information content (AvgIpc) is 2.71. The Morgan fingerprint density at radius 2 is 1.62 bits per heavy atom. The molecule has 29 heavy (non-hydrogen) atoms. The Morgan fingerprint density at radius 1 is 1.00 bits per heavy atom. The quantitative estimate of drug-likeness (QED) is 0.845. The number of rotatable bonds is 5. The number of benzene rings is 2. The van der Waals surface area contributed by atoms with Gasteiger partial charge in [0.2, 0.25) is 0 Å². The fourth-order valence-corrected chi connectivity index (χ4v) is 3.38. The molecule has 0 bridgehead atoms. The van der Waals surface area contributed by atoms with E-state index in [0.717, 1.165) is 30.0 Å². The van der Waals surface area contributed by atoms with E-state index < -0.39 is 6.10 Å². The van der Waals surface area contributed by atoms with Gasteiger partial charge in [-0.05, 0) is 57.1 Å². The number of nitrogens with one attached hydrogen (secondary N) is 1. The predicted octanol–water partition coefficient (Wildman–Crippen LogP) is 3.10. The van der Waals surface area contributed by atoms with E-state index in [9.17, 15) is 9.59 Å². The molecule has 1 fully saturated rings. The molecule has 1 unspecified atom stereocenters. The van der Waals surface area contributed by atoms with E-state index in [0.29, 0.717) is 24.3 Å². The van der Waals surface area contributed by atoms with E-state index in [4.69, 9.17) is 4.74 Å². The lowest BCUT2D eigenvalue weighted by Crippen LogP contribution is -2.47. The number of nitrogens with zero attached hydrogens (tertiary/aromatic N) is 2. The van der Waals surface area contributed by atoms with Crippen LogP contribution in [0.5, 0.6) is 5.75 Å². The van der Waals surface area contributed by atoms with Crippen LogP contribution in [0.25, 0.3) is 0 Å². The summed E-state index contributed by atoms with van der Waals surface area (Å²) in [5.74, 6) is 0.472. The molecule has 0 aliphatic carbocycles. The van der Waals surface area contributed by atoms with Gasteiger partial charge in [0.25, 0.3) is 11.8 Å². The van der Waals surface area contributed by atoms with Gasteiger partial charge in [-0.15, -0.1) is 0 Å². The number of carbonyl (C=O) groups excluding carboxylic acids is 2. The maximum absolute atomic E-state index is 12.8. The molecule has 154 valence electrons. The van der Waals surface area contributed by atoms with Crippen LogP contribution in [0.3, 0.4) is 0 Å². The van der Waals surface area contributed by atoms with Crippen LogP contribution in [-0.4, -0.2) is 60.9 Å². The molecule has 2 aromatic rings. The first-order chi connectivity index (χ1) is 13.8. The van der Waals surface area contributed by atoms with E-state index in [2.05, 4.69) is 17.3 Å². The Labute approximate surface area is 172 Å². The van der Waals surface area contributed by atoms with E-state index in [1.807, 2.05) is 36.9 Å². The zero-order chi connectivity index (χ0) is 21.0. The molecule has 0 radical (unpaired) electrons. The largest absolute Gasteiger partial charge is 0.480 e. The van der Waals surface area contributed by atoms with Gasteiger partial charge < -0.3 is 19.9 Å². The SMILES string of the molecule is Cc1cccc(C)c1OC(C)C(=O)Nc1cccc(C(=O)N2CCN(C)CC2)c1. The van der Waals surface area contributed by atoms with E-state index in [1.165, 1.54) is 0 Å². The third-order valence-electron chi connectivity index (χ3n) is 5.24. The van der Waals surface area contributed by atoms with Crippen LogP contribution in [0.4, 0.5) is 5.69 Å².